The summed E-state index contributed by atoms with van der Waals surface area (Å²) in [6.45, 7) is 0. The first-order chi connectivity index (χ1) is 9.35. The van der Waals surface area contributed by atoms with E-state index < -0.39 is 5.92 Å². The van der Waals surface area contributed by atoms with Gasteiger partial charge in [-0.15, -0.1) is 0 Å². The van der Waals surface area contributed by atoms with Crippen LogP contribution in [-0.2, 0) is 6.42 Å². The Balaban J connectivity index is 2.24. The van der Waals surface area contributed by atoms with Gasteiger partial charge < -0.3 is 5.21 Å². The fourth-order valence-electron chi connectivity index (χ4n) is 1.99. The number of benzene rings is 2. The van der Waals surface area contributed by atoms with Crippen LogP contribution in [0.3, 0.4) is 0 Å². The first-order valence-corrected chi connectivity index (χ1v) is 6.04. The average molecular weight is 250 g/mol. The molecule has 1 atom stereocenters. The van der Waals surface area contributed by atoms with Crippen LogP contribution in [-0.4, -0.2) is 10.9 Å². The SMILES string of the molecule is N#CC(/C(Cc1ccccc1)=N/O)c1ccccc1. The highest BCUT2D eigenvalue weighted by atomic mass is 16.4. The van der Waals surface area contributed by atoms with Crippen molar-refractivity contribution in [2.75, 3.05) is 0 Å². The molecule has 0 saturated heterocycles. The molecule has 0 fully saturated rings. The van der Waals surface area contributed by atoms with Gasteiger partial charge in [0.15, 0.2) is 0 Å². The van der Waals surface area contributed by atoms with E-state index in [1.807, 2.05) is 60.7 Å². The summed E-state index contributed by atoms with van der Waals surface area (Å²) in [5.74, 6) is -0.522. The fraction of sp³-hybridized carbons (Fsp3) is 0.125. The van der Waals surface area contributed by atoms with E-state index in [4.69, 9.17) is 0 Å². The number of hydrogen-bond acceptors (Lipinski definition) is 3. The molecular formula is C16H14N2O. The molecule has 2 aromatic carbocycles. The first-order valence-electron chi connectivity index (χ1n) is 6.04. The third-order valence-corrected chi connectivity index (χ3v) is 2.95. The smallest absolute Gasteiger partial charge is 0.113 e. The summed E-state index contributed by atoms with van der Waals surface area (Å²) in [7, 11) is 0. The van der Waals surface area contributed by atoms with Gasteiger partial charge in [-0.3, -0.25) is 0 Å². The minimum Gasteiger partial charge on any atom is -0.411 e. The molecule has 19 heavy (non-hydrogen) atoms. The molecule has 0 aliphatic carbocycles. The molecule has 0 spiro atoms. The predicted molar refractivity (Wildman–Crippen MR) is 74.2 cm³/mol. The van der Waals surface area contributed by atoms with E-state index in [9.17, 15) is 10.5 Å². The van der Waals surface area contributed by atoms with Crippen LogP contribution in [0.1, 0.15) is 17.0 Å². The van der Waals surface area contributed by atoms with Crippen molar-refractivity contribution in [3.8, 4) is 6.07 Å². The second-order valence-electron chi connectivity index (χ2n) is 4.23. The van der Waals surface area contributed by atoms with Gasteiger partial charge in [0, 0.05) is 6.42 Å². The van der Waals surface area contributed by atoms with Crippen molar-refractivity contribution in [1.82, 2.24) is 0 Å². The number of nitriles is 1. The molecule has 1 N–H and O–H groups in total. The molecule has 2 rings (SSSR count). The van der Waals surface area contributed by atoms with Crippen molar-refractivity contribution >= 4 is 5.71 Å². The molecule has 0 amide bonds. The Morgan fingerprint density at radius 2 is 1.63 bits per heavy atom. The van der Waals surface area contributed by atoms with Gasteiger partial charge >= 0.3 is 0 Å². The van der Waals surface area contributed by atoms with Gasteiger partial charge in [-0.2, -0.15) is 5.26 Å². The first kappa shape index (κ1) is 12.8. The van der Waals surface area contributed by atoms with E-state index in [1.165, 1.54) is 0 Å². The Morgan fingerprint density at radius 1 is 1.05 bits per heavy atom. The van der Waals surface area contributed by atoms with Gasteiger partial charge in [0.2, 0.25) is 0 Å². The van der Waals surface area contributed by atoms with E-state index in [0.29, 0.717) is 12.1 Å². The lowest BCUT2D eigenvalue weighted by Crippen LogP contribution is -2.14. The Labute approximate surface area is 112 Å². The second kappa shape index (κ2) is 6.36. The van der Waals surface area contributed by atoms with Gasteiger partial charge in [0.1, 0.15) is 5.92 Å². The van der Waals surface area contributed by atoms with Gasteiger partial charge in [0.05, 0.1) is 11.8 Å². The summed E-state index contributed by atoms with van der Waals surface area (Å²) in [5.41, 5.74) is 2.32. The van der Waals surface area contributed by atoms with Crippen molar-refractivity contribution < 1.29 is 5.21 Å². The summed E-state index contributed by atoms with van der Waals surface area (Å²) in [6.07, 6.45) is 0.463. The summed E-state index contributed by atoms with van der Waals surface area (Å²) in [6, 6.07) is 21.2. The van der Waals surface area contributed by atoms with Gasteiger partial charge in [0.25, 0.3) is 0 Å². The molecule has 2 aromatic rings. The molecule has 0 aliphatic rings. The number of hydrogen-bond donors (Lipinski definition) is 1. The van der Waals surface area contributed by atoms with Gasteiger partial charge in [-0.05, 0) is 11.1 Å². The van der Waals surface area contributed by atoms with E-state index in [1.54, 1.807) is 0 Å². The maximum absolute atomic E-state index is 9.32. The van der Waals surface area contributed by atoms with Crippen molar-refractivity contribution in [1.29, 1.82) is 5.26 Å². The third-order valence-electron chi connectivity index (χ3n) is 2.95. The van der Waals surface area contributed by atoms with Crippen LogP contribution >= 0.6 is 0 Å². The van der Waals surface area contributed by atoms with E-state index in [2.05, 4.69) is 11.2 Å². The van der Waals surface area contributed by atoms with Crippen LogP contribution in [0.5, 0.6) is 0 Å². The van der Waals surface area contributed by atoms with E-state index in [0.717, 1.165) is 11.1 Å². The lowest BCUT2D eigenvalue weighted by Gasteiger charge is -2.11. The van der Waals surface area contributed by atoms with Crippen molar-refractivity contribution in [3.05, 3.63) is 71.8 Å². The normalized spacial score (nSPS) is 12.7. The second-order valence-corrected chi connectivity index (χ2v) is 4.23. The zero-order valence-electron chi connectivity index (χ0n) is 10.4. The highest BCUT2D eigenvalue weighted by Crippen LogP contribution is 2.19. The number of nitrogens with zero attached hydrogens (tertiary/aromatic N) is 2. The Bertz CT molecular complexity index is 585. The lowest BCUT2D eigenvalue weighted by molar-refractivity contribution is 0.316. The summed E-state index contributed by atoms with van der Waals surface area (Å²) >= 11 is 0. The van der Waals surface area contributed by atoms with E-state index >= 15 is 0 Å². The van der Waals surface area contributed by atoms with Crippen molar-refractivity contribution in [2.45, 2.75) is 12.3 Å². The van der Waals surface area contributed by atoms with E-state index in [-0.39, 0.29) is 0 Å². The average Bonchev–Trinajstić information content (AvgIpc) is 2.49. The predicted octanol–water partition coefficient (Wildman–Crippen LogP) is 3.37. The summed E-state index contributed by atoms with van der Waals surface area (Å²) in [5, 5.41) is 21.8. The van der Waals surface area contributed by atoms with Crippen LogP contribution in [0.2, 0.25) is 0 Å². The molecule has 0 aliphatic heterocycles. The topological polar surface area (TPSA) is 56.4 Å². The molecule has 0 bridgehead atoms. The minimum absolute atomic E-state index is 0.458. The lowest BCUT2D eigenvalue weighted by atomic mass is 9.91. The molecular weight excluding hydrogens is 236 g/mol. The van der Waals surface area contributed by atoms with Crippen LogP contribution in [0.25, 0.3) is 0 Å². The summed E-state index contributed by atoms with van der Waals surface area (Å²) < 4.78 is 0. The Kier molecular flexibility index (Phi) is 4.30. The fourth-order valence-corrected chi connectivity index (χ4v) is 1.99. The molecule has 0 radical (unpaired) electrons. The molecule has 3 heteroatoms. The highest BCUT2D eigenvalue weighted by Gasteiger charge is 2.18. The maximum Gasteiger partial charge on any atom is 0.113 e. The molecule has 1 unspecified atom stereocenters. The summed E-state index contributed by atoms with van der Waals surface area (Å²) in [4.78, 5) is 0. The van der Waals surface area contributed by atoms with Crippen molar-refractivity contribution in [2.24, 2.45) is 5.16 Å². The Morgan fingerprint density at radius 3 is 2.16 bits per heavy atom. The number of oxime groups is 1. The molecule has 0 aromatic heterocycles. The monoisotopic (exact) mass is 250 g/mol. The third kappa shape index (κ3) is 3.20. The molecule has 0 saturated carbocycles. The Hall–Kier alpha value is -2.60. The van der Waals surface area contributed by atoms with Crippen LogP contribution in [0, 0.1) is 11.3 Å². The largest absolute Gasteiger partial charge is 0.411 e. The standard InChI is InChI=1S/C16H14N2O/c17-12-15(14-9-5-2-6-10-14)16(18-19)11-13-7-3-1-4-8-13/h1-10,15,19H,11H2/b18-16+. The minimum atomic E-state index is -0.522. The van der Waals surface area contributed by atoms with Crippen molar-refractivity contribution in [3.63, 3.8) is 0 Å². The van der Waals surface area contributed by atoms with Gasteiger partial charge in [-0.1, -0.05) is 65.8 Å². The molecule has 0 heterocycles. The maximum atomic E-state index is 9.32. The number of rotatable bonds is 4. The van der Waals surface area contributed by atoms with Crippen LogP contribution < -0.4 is 0 Å². The molecule has 94 valence electrons. The van der Waals surface area contributed by atoms with Crippen LogP contribution in [0.15, 0.2) is 65.8 Å². The zero-order valence-corrected chi connectivity index (χ0v) is 10.4. The molecule has 3 nitrogen and oxygen atoms in total. The van der Waals surface area contributed by atoms with Crippen LogP contribution in [0.4, 0.5) is 0 Å². The quantitative estimate of drug-likeness (QED) is 0.514. The van der Waals surface area contributed by atoms with Gasteiger partial charge in [-0.25, -0.2) is 0 Å². The zero-order chi connectivity index (χ0) is 13.5. The highest BCUT2D eigenvalue weighted by molar-refractivity contribution is 5.94.